The van der Waals surface area contributed by atoms with Gasteiger partial charge in [-0.1, -0.05) is 35.5 Å². The molecule has 5 heteroatoms. The van der Waals surface area contributed by atoms with E-state index in [2.05, 4.69) is 22.2 Å². The van der Waals surface area contributed by atoms with Gasteiger partial charge in [0, 0.05) is 25.4 Å². The number of benzene rings is 2. The molecule has 1 aliphatic rings. The minimum atomic E-state index is -0.246. The van der Waals surface area contributed by atoms with Crippen LogP contribution in [0.25, 0.3) is 0 Å². The van der Waals surface area contributed by atoms with Crippen LogP contribution in [0.1, 0.15) is 29.9 Å². The largest absolute Gasteiger partial charge is 0.496 e. The van der Waals surface area contributed by atoms with Gasteiger partial charge in [-0.15, -0.1) is 0 Å². The number of hydrogen-bond donors (Lipinski definition) is 0. The summed E-state index contributed by atoms with van der Waals surface area (Å²) in [4.78, 5) is 7.42. The highest BCUT2D eigenvalue weighted by atomic mass is 19.1. The van der Waals surface area contributed by atoms with Crippen molar-refractivity contribution in [3.05, 3.63) is 65.5 Å². The number of rotatable bonds is 7. The molecule has 1 saturated heterocycles. The zero-order chi connectivity index (χ0) is 18.4. The van der Waals surface area contributed by atoms with Crippen molar-refractivity contribution in [3.63, 3.8) is 0 Å². The van der Waals surface area contributed by atoms with E-state index in [0.717, 1.165) is 49.5 Å². The molecule has 1 unspecified atom stereocenters. The first-order valence-electron chi connectivity index (χ1n) is 8.92. The molecule has 1 heterocycles. The maximum absolute atomic E-state index is 13.1. The van der Waals surface area contributed by atoms with E-state index in [1.54, 1.807) is 19.2 Å². The van der Waals surface area contributed by atoms with E-state index in [0.29, 0.717) is 5.92 Å². The van der Waals surface area contributed by atoms with Crippen molar-refractivity contribution in [1.29, 1.82) is 0 Å². The standard InChI is InChI=1S/C21H25FN2O2/c1-25-21-6-4-3-5-19(21)17-11-13-24(15-17)14-12-20(23-26-2)16-7-9-18(22)10-8-16/h3-10,17H,11-15H2,1-2H3. The van der Waals surface area contributed by atoms with Crippen molar-refractivity contribution in [2.24, 2.45) is 5.16 Å². The number of halogens is 1. The first kappa shape index (κ1) is 18.4. The van der Waals surface area contributed by atoms with Gasteiger partial charge in [-0.3, -0.25) is 0 Å². The summed E-state index contributed by atoms with van der Waals surface area (Å²) >= 11 is 0. The number of methoxy groups -OCH3 is 1. The Labute approximate surface area is 154 Å². The van der Waals surface area contributed by atoms with Gasteiger partial charge in [0.2, 0.25) is 0 Å². The predicted molar refractivity (Wildman–Crippen MR) is 101 cm³/mol. The van der Waals surface area contributed by atoms with Crippen LogP contribution in [0.3, 0.4) is 0 Å². The minimum absolute atomic E-state index is 0.246. The fraction of sp³-hybridized carbons (Fsp3) is 0.381. The van der Waals surface area contributed by atoms with Gasteiger partial charge in [0.25, 0.3) is 0 Å². The molecule has 0 aromatic heterocycles. The number of likely N-dealkylation sites (tertiary alicyclic amines) is 1. The summed E-state index contributed by atoms with van der Waals surface area (Å²) < 4.78 is 18.6. The quantitative estimate of drug-likeness (QED) is 0.554. The monoisotopic (exact) mass is 356 g/mol. The van der Waals surface area contributed by atoms with E-state index in [4.69, 9.17) is 9.57 Å². The predicted octanol–water partition coefficient (Wildman–Crippen LogP) is 4.06. The number of para-hydroxylation sites is 1. The fourth-order valence-electron chi connectivity index (χ4n) is 3.55. The Hall–Kier alpha value is -2.40. The summed E-state index contributed by atoms with van der Waals surface area (Å²) in [6.45, 7) is 2.95. The van der Waals surface area contributed by atoms with Crippen molar-refractivity contribution in [2.45, 2.75) is 18.8 Å². The SMILES string of the molecule is CON=C(CCN1CCC(c2ccccc2OC)C1)c1ccc(F)cc1. The van der Waals surface area contributed by atoms with Gasteiger partial charge in [-0.25, -0.2) is 4.39 Å². The minimum Gasteiger partial charge on any atom is -0.496 e. The maximum atomic E-state index is 13.1. The molecule has 0 amide bonds. The van der Waals surface area contributed by atoms with E-state index < -0.39 is 0 Å². The first-order valence-corrected chi connectivity index (χ1v) is 8.92. The Morgan fingerprint density at radius 1 is 1.15 bits per heavy atom. The van der Waals surface area contributed by atoms with Crippen LogP contribution in [0.5, 0.6) is 5.75 Å². The molecule has 2 aromatic carbocycles. The van der Waals surface area contributed by atoms with Crippen LogP contribution in [0.2, 0.25) is 0 Å². The highest BCUT2D eigenvalue weighted by Gasteiger charge is 2.26. The van der Waals surface area contributed by atoms with Crippen molar-refractivity contribution in [1.82, 2.24) is 4.90 Å². The summed E-state index contributed by atoms with van der Waals surface area (Å²) in [5.74, 6) is 1.21. The second-order valence-electron chi connectivity index (χ2n) is 6.51. The summed E-state index contributed by atoms with van der Waals surface area (Å²) in [7, 11) is 3.26. The molecule has 2 aromatic rings. The molecule has 1 aliphatic heterocycles. The van der Waals surface area contributed by atoms with E-state index in [1.807, 2.05) is 12.1 Å². The molecular weight excluding hydrogens is 331 g/mol. The molecule has 0 saturated carbocycles. The Morgan fingerprint density at radius 3 is 2.65 bits per heavy atom. The van der Waals surface area contributed by atoms with Gasteiger partial charge >= 0.3 is 0 Å². The second kappa shape index (κ2) is 8.81. The average molecular weight is 356 g/mol. The Morgan fingerprint density at radius 2 is 1.92 bits per heavy atom. The molecule has 0 bridgehead atoms. The second-order valence-corrected chi connectivity index (χ2v) is 6.51. The third kappa shape index (κ3) is 4.41. The molecule has 1 atom stereocenters. The Bertz CT molecular complexity index is 746. The van der Waals surface area contributed by atoms with Gasteiger partial charge in [-0.05, 0) is 42.3 Å². The molecule has 0 spiro atoms. The Kier molecular flexibility index (Phi) is 6.23. The van der Waals surface area contributed by atoms with Gasteiger partial charge < -0.3 is 14.5 Å². The van der Waals surface area contributed by atoms with Crippen molar-refractivity contribution >= 4 is 5.71 Å². The molecule has 3 rings (SSSR count). The smallest absolute Gasteiger partial charge is 0.123 e. The normalized spacial score (nSPS) is 18.1. The third-order valence-corrected chi connectivity index (χ3v) is 4.89. The highest BCUT2D eigenvalue weighted by Crippen LogP contribution is 2.33. The molecule has 1 fully saturated rings. The van der Waals surface area contributed by atoms with Crippen molar-refractivity contribution < 1.29 is 14.0 Å². The zero-order valence-corrected chi connectivity index (χ0v) is 15.3. The lowest BCUT2D eigenvalue weighted by atomic mass is 9.97. The topological polar surface area (TPSA) is 34.1 Å². The van der Waals surface area contributed by atoms with Crippen LogP contribution >= 0.6 is 0 Å². The summed E-state index contributed by atoms with van der Waals surface area (Å²) in [6.07, 6.45) is 1.88. The fourth-order valence-corrected chi connectivity index (χ4v) is 3.55. The van der Waals surface area contributed by atoms with Gasteiger partial charge in [-0.2, -0.15) is 0 Å². The lowest BCUT2D eigenvalue weighted by molar-refractivity contribution is 0.212. The first-order chi connectivity index (χ1) is 12.7. The van der Waals surface area contributed by atoms with E-state index in [-0.39, 0.29) is 5.82 Å². The number of hydrogen-bond acceptors (Lipinski definition) is 4. The summed E-state index contributed by atoms with van der Waals surface area (Å²) in [6, 6.07) is 14.6. The molecule has 4 nitrogen and oxygen atoms in total. The van der Waals surface area contributed by atoms with Crippen LogP contribution in [0, 0.1) is 5.82 Å². The molecule has 0 radical (unpaired) electrons. The van der Waals surface area contributed by atoms with Crippen LogP contribution in [0.15, 0.2) is 53.7 Å². The maximum Gasteiger partial charge on any atom is 0.123 e. The molecule has 0 aliphatic carbocycles. The van der Waals surface area contributed by atoms with E-state index in [1.165, 1.54) is 24.8 Å². The third-order valence-electron chi connectivity index (χ3n) is 4.89. The zero-order valence-electron chi connectivity index (χ0n) is 15.3. The molecular formula is C21H25FN2O2. The molecule has 26 heavy (non-hydrogen) atoms. The van der Waals surface area contributed by atoms with Crippen molar-refractivity contribution in [3.8, 4) is 5.75 Å². The van der Waals surface area contributed by atoms with Gasteiger partial charge in [0.15, 0.2) is 0 Å². The van der Waals surface area contributed by atoms with E-state index >= 15 is 0 Å². The number of oxime groups is 1. The van der Waals surface area contributed by atoms with Crippen LogP contribution in [-0.4, -0.2) is 44.5 Å². The van der Waals surface area contributed by atoms with Crippen LogP contribution < -0.4 is 4.74 Å². The summed E-state index contributed by atoms with van der Waals surface area (Å²) in [5, 5.41) is 4.14. The van der Waals surface area contributed by atoms with Crippen LogP contribution in [-0.2, 0) is 4.84 Å². The highest BCUT2D eigenvalue weighted by molar-refractivity contribution is 6.00. The number of nitrogens with zero attached hydrogens (tertiary/aromatic N) is 2. The lowest BCUT2D eigenvalue weighted by Crippen LogP contribution is -2.24. The molecule has 0 N–H and O–H groups in total. The van der Waals surface area contributed by atoms with E-state index in [9.17, 15) is 4.39 Å². The van der Waals surface area contributed by atoms with Gasteiger partial charge in [0.1, 0.15) is 18.7 Å². The van der Waals surface area contributed by atoms with Crippen LogP contribution in [0.4, 0.5) is 4.39 Å². The lowest BCUT2D eigenvalue weighted by Gasteiger charge is -2.18. The number of ether oxygens (including phenoxy) is 1. The average Bonchev–Trinajstić information content (AvgIpc) is 3.14. The Balaban J connectivity index is 1.61. The summed E-state index contributed by atoms with van der Waals surface area (Å²) in [5.41, 5.74) is 3.02. The van der Waals surface area contributed by atoms with Gasteiger partial charge in [0.05, 0.1) is 12.8 Å². The van der Waals surface area contributed by atoms with Crippen molar-refractivity contribution in [2.75, 3.05) is 33.9 Å². The molecule has 138 valence electrons.